The minimum absolute atomic E-state index is 0.285. The molecule has 2 aliphatic rings. The SMILES string of the molecule is CCOC(=O)C1=C(C)Oc2nc(N(C)C)nc(N3CCCCC3)c2C1c1ccc(OC)cc1. The number of hydrogen-bond donors (Lipinski definition) is 0. The first-order valence-corrected chi connectivity index (χ1v) is 11.5. The summed E-state index contributed by atoms with van der Waals surface area (Å²) in [7, 11) is 5.47. The first-order chi connectivity index (χ1) is 15.9. The van der Waals surface area contributed by atoms with Gasteiger partial charge >= 0.3 is 5.97 Å². The maximum absolute atomic E-state index is 13.1. The number of esters is 1. The van der Waals surface area contributed by atoms with Crippen LogP contribution in [-0.4, -0.2) is 56.8 Å². The average Bonchev–Trinajstić information content (AvgIpc) is 2.83. The first kappa shape index (κ1) is 22.9. The Morgan fingerprint density at radius 1 is 1.15 bits per heavy atom. The molecule has 0 radical (unpaired) electrons. The van der Waals surface area contributed by atoms with Crippen molar-refractivity contribution in [2.45, 2.75) is 39.0 Å². The normalized spacial score (nSPS) is 17.8. The highest BCUT2D eigenvalue weighted by Gasteiger charge is 2.39. The summed E-state index contributed by atoms with van der Waals surface area (Å²) < 4.78 is 17.0. The molecule has 1 aromatic carbocycles. The molecule has 0 N–H and O–H groups in total. The van der Waals surface area contributed by atoms with E-state index in [4.69, 9.17) is 24.2 Å². The second-order valence-electron chi connectivity index (χ2n) is 8.51. The molecule has 8 nitrogen and oxygen atoms in total. The van der Waals surface area contributed by atoms with E-state index in [0.717, 1.165) is 48.6 Å². The maximum Gasteiger partial charge on any atom is 0.338 e. The van der Waals surface area contributed by atoms with Crippen LogP contribution in [0, 0.1) is 0 Å². The molecule has 1 unspecified atom stereocenters. The van der Waals surface area contributed by atoms with E-state index in [1.54, 1.807) is 21.0 Å². The van der Waals surface area contributed by atoms with Gasteiger partial charge in [0.15, 0.2) is 0 Å². The van der Waals surface area contributed by atoms with E-state index in [1.165, 1.54) is 6.42 Å². The lowest BCUT2D eigenvalue weighted by Gasteiger charge is -2.35. The van der Waals surface area contributed by atoms with E-state index in [0.29, 0.717) is 23.2 Å². The van der Waals surface area contributed by atoms with Crippen LogP contribution in [0.5, 0.6) is 11.6 Å². The van der Waals surface area contributed by atoms with Gasteiger partial charge in [0.25, 0.3) is 0 Å². The van der Waals surface area contributed by atoms with Crippen molar-refractivity contribution in [3.8, 4) is 11.6 Å². The van der Waals surface area contributed by atoms with Gasteiger partial charge in [0, 0.05) is 27.2 Å². The van der Waals surface area contributed by atoms with E-state index in [2.05, 4.69) is 4.90 Å². The highest BCUT2D eigenvalue weighted by Crippen LogP contribution is 2.47. The summed E-state index contributed by atoms with van der Waals surface area (Å²) >= 11 is 0. The van der Waals surface area contributed by atoms with Gasteiger partial charge in [-0.25, -0.2) is 4.79 Å². The minimum atomic E-state index is -0.410. The lowest BCUT2D eigenvalue weighted by molar-refractivity contribution is -0.139. The zero-order valence-electron chi connectivity index (χ0n) is 20.1. The standard InChI is InChI=1S/C25H32N4O4/c1-6-32-24(30)19-16(2)33-23-21(20(19)17-10-12-18(31-5)13-11-17)22(26-25(27-23)28(3)4)29-14-8-7-9-15-29/h10-13,20H,6-9,14-15H2,1-5H3. The summed E-state index contributed by atoms with van der Waals surface area (Å²) in [6.45, 7) is 5.70. The smallest absolute Gasteiger partial charge is 0.338 e. The molecule has 0 amide bonds. The van der Waals surface area contributed by atoms with Gasteiger partial charge in [-0.3, -0.25) is 0 Å². The summed E-state index contributed by atoms with van der Waals surface area (Å²) in [5, 5.41) is 0. The maximum atomic E-state index is 13.1. The highest BCUT2D eigenvalue weighted by molar-refractivity contribution is 5.93. The quantitative estimate of drug-likeness (QED) is 0.611. The monoisotopic (exact) mass is 452 g/mol. The third kappa shape index (κ3) is 4.47. The van der Waals surface area contributed by atoms with Gasteiger partial charge in [0.05, 0.1) is 30.8 Å². The van der Waals surface area contributed by atoms with Gasteiger partial charge in [-0.2, -0.15) is 9.97 Å². The Balaban J connectivity index is 1.95. The third-order valence-electron chi connectivity index (χ3n) is 6.09. The Hall–Kier alpha value is -3.29. The Morgan fingerprint density at radius 2 is 1.85 bits per heavy atom. The van der Waals surface area contributed by atoms with Gasteiger partial charge in [-0.15, -0.1) is 0 Å². The fraction of sp³-hybridized carbons (Fsp3) is 0.480. The lowest BCUT2D eigenvalue weighted by atomic mass is 9.83. The van der Waals surface area contributed by atoms with Crippen LogP contribution in [0.25, 0.3) is 0 Å². The number of carbonyl (C=O) groups is 1. The number of nitrogens with zero attached hydrogens (tertiary/aromatic N) is 4. The van der Waals surface area contributed by atoms with E-state index in [-0.39, 0.29) is 12.6 Å². The fourth-order valence-corrected chi connectivity index (χ4v) is 4.45. The van der Waals surface area contributed by atoms with Gasteiger partial charge < -0.3 is 24.0 Å². The van der Waals surface area contributed by atoms with Crippen molar-refractivity contribution in [1.29, 1.82) is 0 Å². The van der Waals surface area contributed by atoms with Crippen molar-refractivity contribution in [2.24, 2.45) is 0 Å². The molecule has 1 aromatic heterocycles. The minimum Gasteiger partial charge on any atom is -0.497 e. The summed E-state index contributed by atoms with van der Waals surface area (Å²) in [4.78, 5) is 27.0. The van der Waals surface area contributed by atoms with Crippen molar-refractivity contribution >= 4 is 17.7 Å². The molecule has 0 saturated carbocycles. The molecule has 0 bridgehead atoms. The predicted octanol–water partition coefficient (Wildman–Crippen LogP) is 3.90. The number of fused-ring (bicyclic) bond motifs is 1. The number of methoxy groups -OCH3 is 1. The molecule has 33 heavy (non-hydrogen) atoms. The second kappa shape index (κ2) is 9.68. The predicted molar refractivity (Wildman–Crippen MR) is 127 cm³/mol. The highest BCUT2D eigenvalue weighted by atomic mass is 16.5. The third-order valence-corrected chi connectivity index (χ3v) is 6.09. The number of aromatic nitrogens is 2. The van der Waals surface area contributed by atoms with Crippen LogP contribution in [0.2, 0.25) is 0 Å². The summed E-state index contributed by atoms with van der Waals surface area (Å²) in [6, 6.07) is 7.76. The molecular weight excluding hydrogens is 420 g/mol. The fourth-order valence-electron chi connectivity index (χ4n) is 4.45. The van der Waals surface area contributed by atoms with Gasteiger partial charge in [0.1, 0.15) is 17.3 Å². The molecular formula is C25H32N4O4. The molecule has 4 rings (SSSR count). The number of ether oxygens (including phenoxy) is 3. The molecule has 1 fully saturated rings. The van der Waals surface area contributed by atoms with E-state index in [1.807, 2.05) is 43.3 Å². The average molecular weight is 453 g/mol. The van der Waals surface area contributed by atoms with Crippen molar-refractivity contribution in [3.05, 3.63) is 46.7 Å². The molecule has 1 saturated heterocycles. The first-order valence-electron chi connectivity index (χ1n) is 11.5. The van der Waals surface area contributed by atoms with Gasteiger partial charge in [-0.1, -0.05) is 12.1 Å². The number of hydrogen-bond acceptors (Lipinski definition) is 8. The molecule has 2 aliphatic heterocycles. The molecule has 0 spiro atoms. The summed E-state index contributed by atoms with van der Waals surface area (Å²) in [6.07, 6.45) is 3.41. The number of carbonyl (C=O) groups excluding carboxylic acids is 1. The number of benzene rings is 1. The van der Waals surface area contributed by atoms with Crippen LogP contribution in [0.3, 0.4) is 0 Å². The van der Waals surface area contributed by atoms with Gasteiger partial charge in [-0.05, 0) is 50.8 Å². The van der Waals surface area contributed by atoms with Crippen molar-refractivity contribution in [2.75, 3.05) is 50.7 Å². The van der Waals surface area contributed by atoms with Crippen LogP contribution in [0.4, 0.5) is 11.8 Å². The van der Waals surface area contributed by atoms with Crippen molar-refractivity contribution < 1.29 is 19.0 Å². The largest absolute Gasteiger partial charge is 0.497 e. The zero-order valence-corrected chi connectivity index (χ0v) is 20.1. The molecule has 3 heterocycles. The Morgan fingerprint density at radius 3 is 2.45 bits per heavy atom. The number of anilines is 2. The van der Waals surface area contributed by atoms with Crippen molar-refractivity contribution in [1.82, 2.24) is 9.97 Å². The van der Waals surface area contributed by atoms with Crippen LogP contribution in [0.1, 0.15) is 50.2 Å². The zero-order chi connectivity index (χ0) is 23.5. The van der Waals surface area contributed by atoms with E-state index >= 15 is 0 Å². The molecule has 0 aliphatic carbocycles. The number of rotatable bonds is 6. The molecule has 176 valence electrons. The topological polar surface area (TPSA) is 77.0 Å². The van der Waals surface area contributed by atoms with Gasteiger partial charge in [0.2, 0.25) is 11.8 Å². The van der Waals surface area contributed by atoms with Crippen LogP contribution in [0.15, 0.2) is 35.6 Å². The summed E-state index contributed by atoms with van der Waals surface area (Å²) in [5.74, 6) is 2.33. The molecule has 8 heteroatoms. The Bertz CT molecular complexity index is 1040. The molecule has 1 atom stereocenters. The number of piperidine rings is 1. The van der Waals surface area contributed by atoms with Crippen molar-refractivity contribution in [3.63, 3.8) is 0 Å². The lowest BCUT2D eigenvalue weighted by Crippen LogP contribution is -2.34. The van der Waals surface area contributed by atoms with E-state index < -0.39 is 5.92 Å². The van der Waals surface area contributed by atoms with Crippen LogP contribution in [-0.2, 0) is 9.53 Å². The summed E-state index contributed by atoms with van der Waals surface area (Å²) in [5.41, 5.74) is 2.22. The number of allylic oxidation sites excluding steroid dienone is 1. The molecule has 2 aromatic rings. The van der Waals surface area contributed by atoms with E-state index in [9.17, 15) is 4.79 Å². The Labute approximate surface area is 195 Å². The van der Waals surface area contributed by atoms with Crippen LogP contribution < -0.4 is 19.3 Å². The van der Waals surface area contributed by atoms with Crippen LogP contribution >= 0.6 is 0 Å². The second-order valence-corrected chi connectivity index (χ2v) is 8.51. The Kier molecular flexibility index (Phi) is 6.72.